The van der Waals surface area contributed by atoms with Gasteiger partial charge in [-0.2, -0.15) is 0 Å². The Labute approximate surface area is 143 Å². The van der Waals surface area contributed by atoms with Gasteiger partial charge < -0.3 is 29.6 Å². The van der Waals surface area contributed by atoms with Crippen molar-refractivity contribution in [2.24, 2.45) is 0 Å². The highest BCUT2D eigenvalue weighted by Crippen LogP contribution is 2.57. The molecule has 25 heavy (non-hydrogen) atoms. The van der Waals surface area contributed by atoms with E-state index in [0.29, 0.717) is 0 Å². The average Bonchev–Trinajstić information content (AvgIpc) is 2.71. The molecule has 1 aromatic heterocycles. The second-order valence-corrected chi connectivity index (χ2v) is 9.16. The van der Waals surface area contributed by atoms with Crippen LogP contribution in [0.4, 0.5) is 0 Å². The van der Waals surface area contributed by atoms with Gasteiger partial charge in [0.1, 0.15) is 18.3 Å². The van der Waals surface area contributed by atoms with Gasteiger partial charge in [0.2, 0.25) is 0 Å². The molecule has 16 heteroatoms. The van der Waals surface area contributed by atoms with Crippen LogP contribution in [0.1, 0.15) is 6.23 Å². The summed E-state index contributed by atoms with van der Waals surface area (Å²) in [7, 11) is -4.96. The van der Waals surface area contributed by atoms with E-state index in [1.165, 1.54) is 0 Å². The fraction of sp³-hybridized carbons (Fsp3) is 0.556. The third-order valence-corrected chi connectivity index (χ3v) is 5.83. The lowest BCUT2D eigenvalue weighted by atomic mass is 10.1. The highest BCUT2D eigenvalue weighted by molar-refractivity contribution is 8.08. The van der Waals surface area contributed by atoms with Crippen molar-refractivity contribution in [2.75, 3.05) is 6.61 Å². The van der Waals surface area contributed by atoms with Crippen molar-refractivity contribution in [1.82, 2.24) is 9.55 Å². The van der Waals surface area contributed by atoms with Crippen LogP contribution in [-0.4, -0.2) is 59.4 Å². The van der Waals surface area contributed by atoms with Gasteiger partial charge in [0.15, 0.2) is 6.23 Å². The van der Waals surface area contributed by atoms with Gasteiger partial charge >= 0.3 is 20.2 Å². The lowest BCUT2D eigenvalue weighted by molar-refractivity contribution is -0.0541. The Balaban J connectivity index is 2.09. The molecule has 1 saturated heterocycles. The fourth-order valence-corrected chi connectivity index (χ4v) is 4.41. The number of aromatic nitrogens is 2. The first kappa shape index (κ1) is 20.6. The summed E-state index contributed by atoms with van der Waals surface area (Å²) in [6.45, 7) is -5.29. The lowest BCUT2D eigenvalue weighted by Gasteiger charge is -2.18. The summed E-state index contributed by atoms with van der Waals surface area (Å²) in [5.41, 5.74) is -1.60. The van der Waals surface area contributed by atoms with Gasteiger partial charge in [-0.15, -0.1) is 0 Å². The van der Waals surface area contributed by atoms with Crippen LogP contribution in [-0.2, 0) is 29.9 Å². The van der Waals surface area contributed by atoms with Gasteiger partial charge in [-0.05, 0) is 11.8 Å². The molecular formula is C9H14N2O11P2S. The molecule has 0 aromatic carbocycles. The number of rotatable bonds is 6. The molecule has 0 aliphatic carbocycles. The zero-order valence-corrected chi connectivity index (χ0v) is 14.7. The minimum atomic E-state index is -4.96. The molecule has 2 heterocycles. The number of aromatic amines is 1. The summed E-state index contributed by atoms with van der Waals surface area (Å²) in [5.74, 6) is 0. The summed E-state index contributed by atoms with van der Waals surface area (Å²) < 4.78 is 25.8. The summed E-state index contributed by atoms with van der Waals surface area (Å²) in [5, 5.41) is 19.9. The van der Waals surface area contributed by atoms with Crippen LogP contribution in [0.3, 0.4) is 0 Å². The Hall–Kier alpha value is -0.760. The van der Waals surface area contributed by atoms with Gasteiger partial charge in [-0.1, -0.05) is 0 Å². The van der Waals surface area contributed by atoms with Gasteiger partial charge in [0, 0.05) is 12.3 Å². The molecule has 5 atom stereocenters. The van der Waals surface area contributed by atoms with Crippen molar-refractivity contribution in [2.45, 2.75) is 24.5 Å². The summed E-state index contributed by atoms with van der Waals surface area (Å²) >= 11 is 4.03. The van der Waals surface area contributed by atoms with Gasteiger partial charge in [0.25, 0.3) is 5.56 Å². The molecule has 0 radical (unpaired) electrons. The highest BCUT2D eigenvalue weighted by atomic mass is 32.5. The van der Waals surface area contributed by atoms with E-state index in [4.69, 9.17) is 14.5 Å². The maximum Gasteiger partial charge on any atom is 0.479 e. The number of H-pyrrole nitrogens is 1. The molecule has 1 fully saturated rings. The Morgan fingerprint density at radius 3 is 2.48 bits per heavy atom. The number of phosphoric ester groups is 1. The molecule has 0 saturated carbocycles. The van der Waals surface area contributed by atoms with Crippen molar-refractivity contribution >= 4 is 26.3 Å². The zero-order valence-electron chi connectivity index (χ0n) is 12.1. The number of aliphatic hydroxyl groups excluding tert-OH is 2. The molecule has 142 valence electrons. The summed E-state index contributed by atoms with van der Waals surface area (Å²) in [6, 6.07) is 0.985. The van der Waals surface area contributed by atoms with E-state index in [0.717, 1.165) is 16.8 Å². The normalized spacial score (nSPS) is 29.5. The molecule has 2 rings (SSSR count). The van der Waals surface area contributed by atoms with Crippen LogP contribution in [0, 0.1) is 0 Å². The number of nitrogens with zero attached hydrogens (tertiary/aromatic N) is 1. The van der Waals surface area contributed by atoms with E-state index in [9.17, 15) is 29.3 Å². The molecule has 1 aliphatic heterocycles. The highest BCUT2D eigenvalue weighted by Gasteiger charge is 2.45. The number of ether oxygens (including phenoxy) is 1. The van der Waals surface area contributed by atoms with Crippen molar-refractivity contribution in [1.29, 1.82) is 0 Å². The van der Waals surface area contributed by atoms with Crippen molar-refractivity contribution in [3.8, 4) is 0 Å². The molecule has 13 nitrogen and oxygen atoms in total. The van der Waals surface area contributed by atoms with Gasteiger partial charge in [-0.25, -0.2) is 13.7 Å². The number of hydrogen-bond donors (Lipinski definition) is 6. The van der Waals surface area contributed by atoms with E-state index in [2.05, 4.69) is 20.6 Å². The van der Waals surface area contributed by atoms with Crippen LogP contribution in [0.15, 0.2) is 21.9 Å². The second-order valence-electron chi connectivity index (χ2n) is 4.90. The first-order valence-electron chi connectivity index (χ1n) is 6.47. The van der Waals surface area contributed by atoms with Crippen molar-refractivity contribution < 1.29 is 43.0 Å². The van der Waals surface area contributed by atoms with Crippen LogP contribution in [0.5, 0.6) is 0 Å². The van der Waals surface area contributed by atoms with E-state index in [1.807, 2.05) is 4.98 Å². The topological polar surface area (TPSA) is 201 Å². The molecular weight excluding hydrogens is 406 g/mol. The summed E-state index contributed by atoms with van der Waals surface area (Å²) in [6.07, 6.45) is -5.02. The predicted octanol–water partition coefficient (Wildman–Crippen LogP) is -2.50. The number of nitrogens with one attached hydrogen (secondary N) is 1. The quantitative estimate of drug-likeness (QED) is 0.265. The lowest BCUT2D eigenvalue weighted by Crippen LogP contribution is -2.37. The number of phosphoric acid groups is 1. The zero-order chi connectivity index (χ0) is 19.0. The van der Waals surface area contributed by atoms with Crippen molar-refractivity contribution in [3.63, 3.8) is 0 Å². The summed E-state index contributed by atoms with van der Waals surface area (Å²) in [4.78, 5) is 51.6. The van der Waals surface area contributed by atoms with Gasteiger partial charge in [0.05, 0.1) is 6.61 Å². The Kier molecular flexibility index (Phi) is 6.14. The Bertz CT molecular complexity index is 833. The maximum atomic E-state index is 11.7. The van der Waals surface area contributed by atoms with Crippen LogP contribution < -0.4 is 11.2 Å². The van der Waals surface area contributed by atoms with Crippen LogP contribution >= 0.6 is 14.5 Å². The van der Waals surface area contributed by atoms with Gasteiger partial charge in [-0.3, -0.25) is 18.9 Å². The second kappa shape index (κ2) is 7.47. The number of hydrogen-bond acceptors (Lipinski definition) is 9. The maximum absolute atomic E-state index is 11.7. The molecule has 1 aromatic rings. The first-order valence-corrected chi connectivity index (χ1v) is 10.6. The monoisotopic (exact) mass is 420 g/mol. The third-order valence-electron chi connectivity index (χ3n) is 3.07. The van der Waals surface area contributed by atoms with E-state index in [-0.39, 0.29) is 0 Å². The van der Waals surface area contributed by atoms with Crippen LogP contribution in [0.2, 0.25) is 0 Å². The Morgan fingerprint density at radius 2 is 1.92 bits per heavy atom. The molecule has 1 aliphatic rings. The van der Waals surface area contributed by atoms with E-state index in [1.54, 1.807) is 0 Å². The smallest absolute Gasteiger partial charge is 0.387 e. The fourth-order valence-electron chi connectivity index (χ4n) is 2.05. The predicted molar refractivity (Wildman–Crippen MR) is 82.8 cm³/mol. The molecule has 0 amide bonds. The molecule has 0 spiro atoms. The minimum absolute atomic E-state index is 0.684. The first-order chi connectivity index (χ1) is 11.4. The largest absolute Gasteiger partial charge is 0.479 e. The molecule has 0 bridgehead atoms. The third kappa shape index (κ3) is 5.36. The minimum Gasteiger partial charge on any atom is -0.387 e. The van der Waals surface area contributed by atoms with Crippen molar-refractivity contribution in [3.05, 3.63) is 33.1 Å². The standard InChI is InChI=1S/C9H14N2O11P2S/c12-5-1-2-11(9(15)10-5)8-7(14)6(13)4(21-8)3-20-23(16,17)22-24(18,19)25/h1-2,4,6-8,13-14H,3H2,(H,16,17)(H,10,12,15)(H2,18,19,25)/t4-,6-,7-,8?/m1/s1. The SMILES string of the molecule is O=c1ccn(C2O[C@H](COP(=O)(O)OP(O)(O)=S)[C@@H](O)[C@H]2O)c(=O)[nH]1. The molecule has 2 unspecified atom stereocenters. The van der Waals surface area contributed by atoms with E-state index < -0.39 is 56.9 Å². The van der Waals surface area contributed by atoms with Crippen LogP contribution in [0.25, 0.3) is 0 Å². The Morgan fingerprint density at radius 1 is 1.28 bits per heavy atom. The number of aliphatic hydroxyl groups is 2. The van der Waals surface area contributed by atoms with E-state index >= 15 is 0 Å². The average molecular weight is 420 g/mol. The molecule has 6 N–H and O–H groups in total.